The van der Waals surface area contributed by atoms with E-state index in [0.717, 1.165) is 38.0 Å². The van der Waals surface area contributed by atoms with Gasteiger partial charge < -0.3 is 9.67 Å². The molecule has 2 aromatic heterocycles. The van der Waals surface area contributed by atoms with Crippen LogP contribution in [0.4, 0.5) is 0 Å². The van der Waals surface area contributed by atoms with Crippen LogP contribution in [0.3, 0.4) is 0 Å². The average molecular weight is 316 g/mol. The number of hydrogen-bond acceptors (Lipinski definition) is 4. The van der Waals surface area contributed by atoms with Crippen LogP contribution in [0, 0.1) is 0 Å². The topological polar surface area (TPSA) is 63.3 Å². The molecule has 1 saturated heterocycles. The minimum atomic E-state index is 0.0466. The average Bonchev–Trinajstić information content (AvgIpc) is 3.00. The number of aliphatic hydroxyl groups excluding tert-OH is 1. The Balaban J connectivity index is 1.58. The summed E-state index contributed by atoms with van der Waals surface area (Å²) in [6.07, 6.45) is 5.82. The van der Waals surface area contributed by atoms with Gasteiger partial charge in [0, 0.05) is 43.7 Å². The lowest BCUT2D eigenvalue weighted by atomic mass is 9.93. The summed E-state index contributed by atoms with van der Waals surface area (Å²) in [5.41, 5.74) is 2.36. The lowest BCUT2D eigenvalue weighted by molar-refractivity contribution is 0.198. The van der Waals surface area contributed by atoms with Crippen LogP contribution in [0.2, 0.25) is 0 Å². The van der Waals surface area contributed by atoms with Gasteiger partial charge in [-0.1, -0.05) is 0 Å². The highest BCUT2D eigenvalue weighted by atomic mass is 16.3. The molecule has 2 aromatic rings. The zero-order valence-electron chi connectivity index (χ0n) is 13.6. The molecule has 6 nitrogen and oxygen atoms in total. The third-order valence-electron chi connectivity index (χ3n) is 4.64. The van der Waals surface area contributed by atoms with Crippen molar-refractivity contribution in [3.05, 3.63) is 52.2 Å². The van der Waals surface area contributed by atoms with E-state index in [1.165, 1.54) is 5.69 Å². The van der Waals surface area contributed by atoms with Gasteiger partial charge in [0.2, 0.25) is 0 Å². The Hall–Kier alpha value is -1.92. The molecular weight excluding hydrogens is 292 g/mol. The van der Waals surface area contributed by atoms with E-state index in [1.54, 1.807) is 17.7 Å². The molecule has 0 aliphatic carbocycles. The highest BCUT2D eigenvalue weighted by molar-refractivity contribution is 5.12. The van der Waals surface area contributed by atoms with Gasteiger partial charge in [-0.25, -0.2) is 0 Å². The first-order chi connectivity index (χ1) is 11.2. The molecule has 0 spiro atoms. The van der Waals surface area contributed by atoms with E-state index in [1.807, 2.05) is 23.1 Å². The third kappa shape index (κ3) is 3.71. The first kappa shape index (κ1) is 16.0. The molecule has 124 valence electrons. The third-order valence-corrected chi connectivity index (χ3v) is 4.64. The number of aliphatic hydroxyl groups is 1. The predicted molar refractivity (Wildman–Crippen MR) is 88.2 cm³/mol. The second-order valence-electron chi connectivity index (χ2n) is 6.24. The summed E-state index contributed by atoms with van der Waals surface area (Å²) in [6, 6.07) is 5.81. The second-order valence-corrected chi connectivity index (χ2v) is 6.24. The molecule has 0 saturated carbocycles. The molecule has 0 radical (unpaired) electrons. The van der Waals surface area contributed by atoms with Gasteiger partial charge in [0.15, 0.2) is 0 Å². The van der Waals surface area contributed by atoms with E-state index in [-0.39, 0.29) is 12.2 Å². The number of nitrogens with zero attached hydrogens (tertiary/aromatic N) is 4. The van der Waals surface area contributed by atoms with Gasteiger partial charge in [0.25, 0.3) is 5.56 Å². The van der Waals surface area contributed by atoms with Crippen LogP contribution in [0.1, 0.15) is 30.0 Å². The van der Waals surface area contributed by atoms with Crippen molar-refractivity contribution in [1.29, 1.82) is 0 Å². The van der Waals surface area contributed by atoms with Crippen molar-refractivity contribution < 1.29 is 5.11 Å². The van der Waals surface area contributed by atoms with Gasteiger partial charge in [-0.15, -0.1) is 0 Å². The quantitative estimate of drug-likeness (QED) is 0.892. The molecule has 0 amide bonds. The summed E-state index contributed by atoms with van der Waals surface area (Å²) >= 11 is 0. The molecule has 1 N–H and O–H groups in total. The van der Waals surface area contributed by atoms with Crippen LogP contribution >= 0.6 is 0 Å². The number of likely N-dealkylation sites (tertiary alicyclic amines) is 1. The van der Waals surface area contributed by atoms with Crippen LogP contribution in [0.5, 0.6) is 0 Å². The molecule has 0 aromatic carbocycles. The Labute approximate surface area is 136 Å². The van der Waals surface area contributed by atoms with Crippen molar-refractivity contribution in [3.8, 4) is 0 Å². The normalized spacial score (nSPS) is 16.8. The van der Waals surface area contributed by atoms with Crippen LogP contribution < -0.4 is 5.56 Å². The maximum absolute atomic E-state index is 11.7. The zero-order chi connectivity index (χ0) is 16.2. The van der Waals surface area contributed by atoms with E-state index in [9.17, 15) is 4.79 Å². The maximum atomic E-state index is 11.7. The van der Waals surface area contributed by atoms with Gasteiger partial charge in [0.05, 0.1) is 13.2 Å². The predicted octanol–water partition coefficient (Wildman–Crippen LogP) is 0.954. The molecule has 1 aliphatic rings. The van der Waals surface area contributed by atoms with Crippen LogP contribution in [-0.2, 0) is 20.1 Å². The fourth-order valence-electron chi connectivity index (χ4n) is 3.30. The number of pyridine rings is 1. The fourth-order valence-corrected chi connectivity index (χ4v) is 3.30. The highest BCUT2D eigenvalue weighted by Gasteiger charge is 2.23. The Kier molecular flexibility index (Phi) is 4.93. The minimum absolute atomic E-state index is 0.0466. The number of rotatable bonds is 5. The Bertz CT molecular complexity index is 699. The molecule has 23 heavy (non-hydrogen) atoms. The summed E-state index contributed by atoms with van der Waals surface area (Å²) in [6.45, 7) is 3.55. The number of hydrogen-bond donors (Lipinski definition) is 1. The Morgan fingerprint density at radius 3 is 2.78 bits per heavy atom. The van der Waals surface area contributed by atoms with E-state index < -0.39 is 0 Å². The van der Waals surface area contributed by atoms with Crippen molar-refractivity contribution >= 4 is 0 Å². The van der Waals surface area contributed by atoms with Crippen LogP contribution in [0.15, 0.2) is 35.4 Å². The molecule has 0 bridgehead atoms. The summed E-state index contributed by atoms with van der Waals surface area (Å²) in [4.78, 5) is 14.1. The first-order valence-electron chi connectivity index (χ1n) is 8.18. The number of piperidine rings is 1. The molecule has 3 rings (SSSR count). The number of aromatic nitrogens is 3. The van der Waals surface area contributed by atoms with Crippen LogP contribution in [0.25, 0.3) is 0 Å². The Morgan fingerprint density at radius 2 is 2.09 bits per heavy atom. The van der Waals surface area contributed by atoms with Gasteiger partial charge in [-0.05, 0) is 43.6 Å². The summed E-state index contributed by atoms with van der Waals surface area (Å²) in [7, 11) is 1.77. The van der Waals surface area contributed by atoms with Crippen molar-refractivity contribution in [1.82, 2.24) is 19.2 Å². The second kappa shape index (κ2) is 7.10. The molecular formula is C17H24N4O2. The monoisotopic (exact) mass is 316 g/mol. The maximum Gasteiger partial charge on any atom is 0.250 e. The minimum Gasteiger partial charge on any atom is -0.394 e. The van der Waals surface area contributed by atoms with Gasteiger partial charge in [-0.2, -0.15) is 5.10 Å². The van der Waals surface area contributed by atoms with E-state index in [4.69, 9.17) is 5.11 Å². The van der Waals surface area contributed by atoms with E-state index in [2.05, 4.69) is 16.1 Å². The van der Waals surface area contributed by atoms with Crippen molar-refractivity contribution in [2.24, 2.45) is 7.05 Å². The van der Waals surface area contributed by atoms with Gasteiger partial charge >= 0.3 is 0 Å². The lowest BCUT2D eigenvalue weighted by Crippen LogP contribution is -2.33. The molecule has 1 aliphatic heterocycles. The van der Waals surface area contributed by atoms with E-state index >= 15 is 0 Å². The standard InChI is InChI=1S/C17H24N4O2/c1-19-7-3-14(12-17(19)23)13-20-8-4-15(5-9-20)16-2-6-18-21(16)10-11-22/h2-3,6-7,12,15,22H,4-5,8-11,13H2,1H3. The summed E-state index contributed by atoms with van der Waals surface area (Å²) in [5, 5.41) is 13.4. The molecule has 0 atom stereocenters. The zero-order valence-corrected chi connectivity index (χ0v) is 13.6. The fraction of sp³-hybridized carbons (Fsp3) is 0.529. The lowest BCUT2D eigenvalue weighted by Gasteiger charge is -2.32. The largest absolute Gasteiger partial charge is 0.394 e. The van der Waals surface area contributed by atoms with Crippen LogP contribution in [-0.4, -0.2) is 44.1 Å². The molecule has 6 heteroatoms. The van der Waals surface area contributed by atoms with Gasteiger partial charge in [0.1, 0.15) is 0 Å². The van der Waals surface area contributed by atoms with Crippen molar-refractivity contribution in [2.45, 2.75) is 31.8 Å². The van der Waals surface area contributed by atoms with Gasteiger partial charge in [-0.3, -0.25) is 14.4 Å². The van der Waals surface area contributed by atoms with Crippen molar-refractivity contribution in [3.63, 3.8) is 0 Å². The smallest absolute Gasteiger partial charge is 0.250 e. The molecule has 0 unspecified atom stereocenters. The SMILES string of the molecule is Cn1ccc(CN2CCC(c3ccnn3CCO)CC2)cc1=O. The number of aryl methyl sites for hydroxylation is 1. The summed E-state index contributed by atoms with van der Waals surface area (Å²) in [5.74, 6) is 0.504. The van der Waals surface area contributed by atoms with E-state index in [0.29, 0.717) is 12.5 Å². The Morgan fingerprint density at radius 1 is 1.30 bits per heavy atom. The molecule has 1 fully saturated rings. The first-order valence-corrected chi connectivity index (χ1v) is 8.18. The highest BCUT2D eigenvalue weighted by Crippen LogP contribution is 2.28. The van der Waals surface area contributed by atoms with Crippen molar-refractivity contribution in [2.75, 3.05) is 19.7 Å². The molecule has 3 heterocycles. The summed E-state index contributed by atoms with van der Waals surface area (Å²) < 4.78 is 3.51.